The third-order valence-corrected chi connectivity index (χ3v) is 2.37. The van der Waals surface area contributed by atoms with Gasteiger partial charge < -0.3 is 10.1 Å². The Balaban J connectivity index is 2.30. The van der Waals surface area contributed by atoms with Crippen LogP contribution in [-0.4, -0.2) is 19.1 Å². The van der Waals surface area contributed by atoms with Gasteiger partial charge in [-0.25, -0.2) is 0 Å². The maximum Gasteiger partial charge on any atom is 0.246 e. The molecule has 0 fully saturated rings. The molecule has 0 aromatic heterocycles. The minimum absolute atomic E-state index is 0.0835. The molecule has 15 heavy (non-hydrogen) atoms. The van der Waals surface area contributed by atoms with Gasteiger partial charge in [-0.2, -0.15) is 0 Å². The van der Waals surface area contributed by atoms with E-state index in [2.05, 4.69) is 21.2 Å². The van der Waals surface area contributed by atoms with Crippen LogP contribution in [0.15, 0.2) is 28.7 Å². The van der Waals surface area contributed by atoms with Gasteiger partial charge in [0.2, 0.25) is 5.91 Å². The molecule has 1 rings (SSSR count). The summed E-state index contributed by atoms with van der Waals surface area (Å²) in [6, 6.07) is 7.82. The van der Waals surface area contributed by atoms with E-state index in [9.17, 15) is 4.79 Å². The SMILES string of the molecule is CCOCC(=O)NCc1ccc(Br)cc1. The molecule has 4 heteroatoms. The number of amides is 1. The first-order valence-corrected chi connectivity index (χ1v) is 5.60. The van der Waals surface area contributed by atoms with E-state index in [-0.39, 0.29) is 12.5 Å². The highest BCUT2D eigenvalue weighted by Gasteiger charge is 2.00. The van der Waals surface area contributed by atoms with Crippen molar-refractivity contribution in [3.63, 3.8) is 0 Å². The molecule has 0 spiro atoms. The van der Waals surface area contributed by atoms with Crippen molar-refractivity contribution in [3.8, 4) is 0 Å². The molecule has 0 saturated carbocycles. The van der Waals surface area contributed by atoms with E-state index in [1.807, 2.05) is 31.2 Å². The quantitative estimate of drug-likeness (QED) is 0.891. The van der Waals surface area contributed by atoms with Gasteiger partial charge in [0.25, 0.3) is 0 Å². The third-order valence-electron chi connectivity index (χ3n) is 1.84. The summed E-state index contributed by atoms with van der Waals surface area (Å²) in [4.78, 5) is 11.2. The van der Waals surface area contributed by atoms with Crippen LogP contribution in [0, 0.1) is 0 Å². The highest BCUT2D eigenvalue weighted by Crippen LogP contribution is 2.09. The maximum absolute atomic E-state index is 11.2. The Morgan fingerprint density at radius 1 is 1.40 bits per heavy atom. The Morgan fingerprint density at radius 2 is 2.07 bits per heavy atom. The average Bonchev–Trinajstić information content (AvgIpc) is 2.25. The first kappa shape index (κ1) is 12.2. The summed E-state index contributed by atoms with van der Waals surface area (Å²) in [5.41, 5.74) is 1.07. The second kappa shape index (κ2) is 6.58. The smallest absolute Gasteiger partial charge is 0.246 e. The lowest BCUT2D eigenvalue weighted by Crippen LogP contribution is -2.27. The van der Waals surface area contributed by atoms with Gasteiger partial charge in [-0.05, 0) is 24.6 Å². The second-order valence-electron chi connectivity index (χ2n) is 3.04. The molecule has 0 bridgehead atoms. The van der Waals surface area contributed by atoms with Gasteiger partial charge >= 0.3 is 0 Å². The molecule has 1 aromatic carbocycles. The fourth-order valence-corrected chi connectivity index (χ4v) is 1.31. The molecule has 1 aromatic rings. The number of ether oxygens (including phenoxy) is 1. The van der Waals surface area contributed by atoms with Crippen molar-refractivity contribution in [1.29, 1.82) is 0 Å². The lowest BCUT2D eigenvalue weighted by molar-refractivity contribution is -0.125. The molecule has 0 unspecified atom stereocenters. The molecule has 0 aliphatic carbocycles. The number of halogens is 1. The number of hydrogen-bond acceptors (Lipinski definition) is 2. The van der Waals surface area contributed by atoms with Gasteiger partial charge in [0.15, 0.2) is 0 Å². The fourth-order valence-electron chi connectivity index (χ4n) is 1.05. The van der Waals surface area contributed by atoms with Crippen molar-refractivity contribution in [2.75, 3.05) is 13.2 Å². The van der Waals surface area contributed by atoms with Crippen molar-refractivity contribution in [2.45, 2.75) is 13.5 Å². The van der Waals surface area contributed by atoms with Crippen LogP contribution in [0.1, 0.15) is 12.5 Å². The van der Waals surface area contributed by atoms with Crippen LogP contribution in [0.5, 0.6) is 0 Å². The molecule has 0 aliphatic rings. The average molecular weight is 272 g/mol. The Labute approximate surface area is 97.9 Å². The van der Waals surface area contributed by atoms with Crippen LogP contribution in [0.2, 0.25) is 0 Å². The number of carbonyl (C=O) groups excluding carboxylic acids is 1. The molecule has 3 nitrogen and oxygen atoms in total. The van der Waals surface area contributed by atoms with E-state index >= 15 is 0 Å². The standard InChI is InChI=1S/C11H14BrNO2/c1-2-15-8-11(14)13-7-9-3-5-10(12)6-4-9/h3-6H,2,7-8H2,1H3,(H,13,14). The van der Waals surface area contributed by atoms with Gasteiger partial charge in [0, 0.05) is 17.6 Å². The van der Waals surface area contributed by atoms with Crippen molar-refractivity contribution >= 4 is 21.8 Å². The van der Waals surface area contributed by atoms with Crippen LogP contribution in [0.4, 0.5) is 0 Å². The van der Waals surface area contributed by atoms with Crippen molar-refractivity contribution in [2.24, 2.45) is 0 Å². The second-order valence-corrected chi connectivity index (χ2v) is 3.96. The van der Waals surface area contributed by atoms with Crippen molar-refractivity contribution < 1.29 is 9.53 Å². The third kappa shape index (κ3) is 4.95. The monoisotopic (exact) mass is 271 g/mol. The number of carbonyl (C=O) groups is 1. The van der Waals surface area contributed by atoms with Gasteiger partial charge in [0.05, 0.1) is 0 Å². The maximum atomic E-state index is 11.2. The lowest BCUT2D eigenvalue weighted by atomic mass is 10.2. The van der Waals surface area contributed by atoms with Crippen molar-refractivity contribution in [3.05, 3.63) is 34.3 Å². The highest BCUT2D eigenvalue weighted by atomic mass is 79.9. The predicted molar refractivity (Wildman–Crippen MR) is 62.5 cm³/mol. The zero-order valence-corrected chi connectivity index (χ0v) is 10.2. The highest BCUT2D eigenvalue weighted by molar-refractivity contribution is 9.10. The van der Waals surface area contributed by atoms with Crippen LogP contribution in [0.25, 0.3) is 0 Å². The summed E-state index contributed by atoms with van der Waals surface area (Å²) in [7, 11) is 0. The largest absolute Gasteiger partial charge is 0.372 e. The number of hydrogen-bond donors (Lipinski definition) is 1. The summed E-state index contributed by atoms with van der Waals surface area (Å²) in [5, 5.41) is 2.77. The molecule has 0 saturated heterocycles. The summed E-state index contributed by atoms with van der Waals surface area (Å²) in [6.07, 6.45) is 0. The molecule has 1 amide bonds. The predicted octanol–water partition coefficient (Wildman–Crippen LogP) is 2.10. The minimum Gasteiger partial charge on any atom is -0.372 e. The van der Waals surface area contributed by atoms with E-state index in [4.69, 9.17) is 4.74 Å². The molecule has 0 radical (unpaired) electrons. The van der Waals surface area contributed by atoms with E-state index in [1.165, 1.54) is 0 Å². The lowest BCUT2D eigenvalue weighted by Gasteiger charge is -2.05. The summed E-state index contributed by atoms with van der Waals surface area (Å²) in [6.45, 7) is 3.10. The molecule has 0 atom stereocenters. The van der Waals surface area contributed by atoms with Crippen LogP contribution >= 0.6 is 15.9 Å². The topological polar surface area (TPSA) is 38.3 Å². The number of rotatable bonds is 5. The number of nitrogens with one attached hydrogen (secondary N) is 1. The first-order chi connectivity index (χ1) is 7.22. The van der Waals surface area contributed by atoms with Crippen LogP contribution in [-0.2, 0) is 16.1 Å². The Bertz CT molecular complexity index is 311. The van der Waals surface area contributed by atoms with Gasteiger partial charge in [-0.15, -0.1) is 0 Å². The van der Waals surface area contributed by atoms with Crippen LogP contribution in [0.3, 0.4) is 0 Å². The van der Waals surface area contributed by atoms with E-state index in [0.717, 1.165) is 10.0 Å². The molecular formula is C11H14BrNO2. The van der Waals surface area contributed by atoms with E-state index in [0.29, 0.717) is 13.2 Å². The molecule has 82 valence electrons. The Kier molecular flexibility index (Phi) is 5.36. The molecule has 1 N–H and O–H groups in total. The zero-order chi connectivity index (χ0) is 11.1. The molecule has 0 heterocycles. The van der Waals surface area contributed by atoms with Crippen LogP contribution < -0.4 is 5.32 Å². The minimum atomic E-state index is -0.0835. The normalized spacial score (nSPS) is 10.0. The van der Waals surface area contributed by atoms with E-state index in [1.54, 1.807) is 0 Å². The summed E-state index contributed by atoms with van der Waals surface area (Å²) >= 11 is 3.35. The van der Waals surface area contributed by atoms with E-state index < -0.39 is 0 Å². The Morgan fingerprint density at radius 3 is 2.67 bits per heavy atom. The Hall–Kier alpha value is -0.870. The van der Waals surface area contributed by atoms with Gasteiger partial charge in [-0.1, -0.05) is 28.1 Å². The molecular weight excluding hydrogens is 258 g/mol. The van der Waals surface area contributed by atoms with Gasteiger partial charge in [0.1, 0.15) is 6.61 Å². The van der Waals surface area contributed by atoms with Gasteiger partial charge in [-0.3, -0.25) is 4.79 Å². The summed E-state index contributed by atoms with van der Waals surface area (Å²) in [5.74, 6) is -0.0835. The van der Waals surface area contributed by atoms with Crippen molar-refractivity contribution in [1.82, 2.24) is 5.32 Å². The first-order valence-electron chi connectivity index (χ1n) is 4.81. The molecule has 0 aliphatic heterocycles. The zero-order valence-electron chi connectivity index (χ0n) is 8.63. The summed E-state index contributed by atoms with van der Waals surface area (Å²) < 4.78 is 6.02. The number of benzene rings is 1. The fraction of sp³-hybridized carbons (Fsp3) is 0.364.